The fourth-order valence-electron chi connectivity index (χ4n) is 5.03. The van der Waals surface area contributed by atoms with Gasteiger partial charge in [0.15, 0.2) is 5.69 Å². The number of carbonyl (C=O) groups is 1. The average molecular weight is 468 g/mol. The number of piperidine rings is 1. The van der Waals surface area contributed by atoms with Gasteiger partial charge in [-0.3, -0.25) is 4.79 Å². The van der Waals surface area contributed by atoms with Gasteiger partial charge in [0, 0.05) is 43.2 Å². The fraction of sp³-hybridized carbons (Fsp3) is 0.818. The lowest BCUT2D eigenvalue weighted by atomic mass is 9.99. The summed E-state index contributed by atoms with van der Waals surface area (Å²) in [6.07, 6.45) is 5.90. The van der Waals surface area contributed by atoms with Crippen LogP contribution in [0, 0.1) is 0 Å². The summed E-state index contributed by atoms with van der Waals surface area (Å²) < 4.78 is 33.3. The average Bonchev–Trinajstić information content (AvgIpc) is 3.38. The minimum Gasteiger partial charge on any atom is -0.360 e. The molecular weight excluding hydrogens is 430 g/mol. The largest absolute Gasteiger partial charge is 0.360 e. The van der Waals surface area contributed by atoms with Gasteiger partial charge in [-0.1, -0.05) is 5.16 Å². The zero-order chi connectivity index (χ0) is 22.9. The topological polar surface area (TPSA) is 99.0 Å². The number of carbonyl (C=O) groups excluding carboxylic acids is 1. The van der Waals surface area contributed by atoms with E-state index < -0.39 is 10.0 Å². The fourth-order valence-corrected chi connectivity index (χ4v) is 7.02. The molecule has 2 aliphatic heterocycles. The van der Waals surface area contributed by atoms with E-state index in [-0.39, 0.29) is 29.8 Å². The highest BCUT2D eigenvalue weighted by Crippen LogP contribution is 2.40. The van der Waals surface area contributed by atoms with E-state index in [1.165, 1.54) is 0 Å². The maximum absolute atomic E-state index is 13.1. The van der Waals surface area contributed by atoms with Crippen molar-refractivity contribution in [3.05, 3.63) is 17.5 Å². The van der Waals surface area contributed by atoms with Crippen LogP contribution in [0.25, 0.3) is 0 Å². The van der Waals surface area contributed by atoms with Gasteiger partial charge in [0.2, 0.25) is 10.0 Å². The van der Waals surface area contributed by atoms with Crippen molar-refractivity contribution >= 4 is 15.9 Å². The van der Waals surface area contributed by atoms with E-state index in [2.05, 4.69) is 20.3 Å². The van der Waals surface area contributed by atoms with E-state index in [1.807, 2.05) is 21.1 Å². The lowest BCUT2D eigenvalue weighted by Crippen LogP contribution is -2.53. The number of sulfonamides is 1. The number of aromatic nitrogens is 1. The molecule has 2 saturated heterocycles. The second-order valence-corrected chi connectivity index (χ2v) is 12.0. The molecule has 1 unspecified atom stereocenters. The minimum absolute atomic E-state index is 0.0187. The standard InChI is InChI=1S/C22H37N5O4S/c1-25(2)10-11-26(3)9-4-12-32(29,30)27-18-7-8-19(27)14-17(13-18)23-22(28)20-15-21(31-24-20)16-5-6-16/h15-19H,4-14H2,1-3H3,(H,23,28)/t17?,18-,19+. The van der Waals surface area contributed by atoms with E-state index in [9.17, 15) is 13.2 Å². The Morgan fingerprint density at radius 1 is 1.12 bits per heavy atom. The van der Waals surface area contributed by atoms with Crippen LogP contribution in [0.1, 0.15) is 67.1 Å². The zero-order valence-corrected chi connectivity index (χ0v) is 20.3. The maximum atomic E-state index is 13.1. The highest BCUT2D eigenvalue weighted by Gasteiger charge is 2.46. The first-order valence-corrected chi connectivity index (χ1v) is 13.5. The van der Waals surface area contributed by atoms with Crippen LogP contribution in [0.4, 0.5) is 0 Å². The predicted molar refractivity (Wildman–Crippen MR) is 122 cm³/mol. The van der Waals surface area contributed by atoms with Crippen LogP contribution in [-0.4, -0.2) is 98.2 Å². The number of hydrogen-bond donors (Lipinski definition) is 1. The number of fused-ring (bicyclic) bond motifs is 2. The summed E-state index contributed by atoms with van der Waals surface area (Å²) in [6.45, 7) is 2.66. The summed E-state index contributed by atoms with van der Waals surface area (Å²) in [4.78, 5) is 16.9. The van der Waals surface area contributed by atoms with Crippen molar-refractivity contribution in [2.45, 2.75) is 69.0 Å². The normalized spacial score (nSPS) is 26.2. The third kappa shape index (κ3) is 5.70. The number of nitrogens with one attached hydrogen (secondary N) is 1. The van der Waals surface area contributed by atoms with Gasteiger partial charge in [-0.2, -0.15) is 4.31 Å². The van der Waals surface area contributed by atoms with Crippen LogP contribution in [-0.2, 0) is 10.0 Å². The van der Waals surface area contributed by atoms with E-state index in [0.29, 0.717) is 30.9 Å². The molecule has 0 aromatic carbocycles. The lowest BCUT2D eigenvalue weighted by molar-refractivity contribution is 0.0900. The summed E-state index contributed by atoms with van der Waals surface area (Å²) in [6, 6.07) is 1.69. The molecule has 1 aliphatic carbocycles. The van der Waals surface area contributed by atoms with E-state index in [4.69, 9.17) is 4.52 Å². The summed E-state index contributed by atoms with van der Waals surface area (Å²) in [7, 11) is 2.82. The van der Waals surface area contributed by atoms with Crippen molar-refractivity contribution in [2.75, 3.05) is 46.5 Å². The molecule has 0 radical (unpaired) electrons. The van der Waals surface area contributed by atoms with E-state index in [1.54, 1.807) is 10.4 Å². The zero-order valence-electron chi connectivity index (χ0n) is 19.5. The van der Waals surface area contributed by atoms with Crippen LogP contribution in [0.3, 0.4) is 0 Å². The molecule has 3 heterocycles. The molecule has 3 fully saturated rings. The van der Waals surface area contributed by atoms with Crippen LogP contribution >= 0.6 is 0 Å². The first-order chi connectivity index (χ1) is 15.2. The quantitative estimate of drug-likeness (QED) is 0.526. The molecule has 2 bridgehead atoms. The molecule has 1 saturated carbocycles. The highest BCUT2D eigenvalue weighted by atomic mass is 32.2. The van der Waals surface area contributed by atoms with Crippen molar-refractivity contribution in [1.29, 1.82) is 0 Å². The number of rotatable bonds is 11. The Bertz CT molecular complexity index is 884. The molecule has 32 heavy (non-hydrogen) atoms. The van der Waals surface area contributed by atoms with Crippen LogP contribution < -0.4 is 5.32 Å². The van der Waals surface area contributed by atoms with Crippen molar-refractivity contribution in [3.63, 3.8) is 0 Å². The number of likely N-dealkylation sites (N-methyl/N-ethyl adjacent to an activating group) is 2. The van der Waals surface area contributed by atoms with Gasteiger partial charge >= 0.3 is 0 Å². The smallest absolute Gasteiger partial charge is 0.273 e. The Balaban J connectivity index is 1.27. The molecule has 3 aliphatic rings. The SMILES string of the molecule is CN(C)CCN(C)CCCS(=O)(=O)N1[C@@H]2CC[C@H]1CC(NC(=O)c1cc(C3CC3)on1)C2. The second kappa shape index (κ2) is 9.79. The predicted octanol–water partition coefficient (Wildman–Crippen LogP) is 1.49. The Morgan fingerprint density at radius 3 is 2.44 bits per heavy atom. The molecule has 1 N–H and O–H groups in total. The van der Waals surface area contributed by atoms with Gasteiger partial charge in [-0.15, -0.1) is 0 Å². The third-order valence-corrected chi connectivity index (χ3v) is 8.98. The lowest BCUT2D eigenvalue weighted by Gasteiger charge is -2.38. The van der Waals surface area contributed by atoms with Gasteiger partial charge < -0.3 is 19.6 Å². The van der Waals surface area contributed by atoms with Crippen molar-refractivity contribution in [3.8, 4) is 0 Å². The molecule has 1 aromatic heterocycles. The molecule has 180 valence electrons. The summed E-state index contributed by atoms with van der Waals surface area (Å²) >= 11 is 0. The molecule has 9 nitrogen and oxygen atoms in total. The van der Waals surface area contributed by atoms with Gasteiger partial charge in [0.25, 0.3) is 5.91 Å². The molecule has 3 atom stereocenters. The van der Waals surface area contributed by atoms with Crippen molar-refractivity contribution in [1.82, 2.24) is 24.6 Å². The van der Waals surface area contributed by atoms with Gasteiger partial charge in [-0.05, 0) is 72.6 Å². The molecule has 4 rings (SSSR count). The second-order valence-electron chi connectivity index (χ2n) is 10.0. The maximum Gasteiger partial charge on any atom is 0.273 e. The van der Waals surface area contributed by atoms with E-state index in [0.717, 1.165) is 51.1 Å². The highest BCUT2D eigenvalue weighted by molar-refractivity contribution is 7.89. The molecular formula is C22H37N5O4S. The minimum atomic E-state index is -3.29. The monoisotopic (exact) mass is 467 g/mol. The first kappa shape index (κ1) is 23.7. The Morgan fingerprint density at radius 2 is 1.81 bits per heavy atom. The van der Waals surface area contributed by atoms with Gasteiger partial charge in [-0.25, -0.2) is 8.42 Å². The summed E-state index contributed by atoms with van der Waals surface area (Å²) in [5, 5.41) is 6.99. The molecule has 1 amide bonds. The van der Waals surface area contributed by atoms with Crippen LogP contribution in [0.5, 0.6) is 0 Å². The Kier molecular flexibility index (Phi) is 7.24. The molecule has 10 heteroatoms. The Labute approximate surface area is 191 Å². The molecule has 1 aromatic rings. The Hall–Kier alpha value is -1.49. The number of amides is 1. The van der Waals surface area contributed by atoms with Crippen LogP contribution in [0.15, 0.2) is 10.6 Å². The first-order valence-electron chi connectivity index (χ1n) is 11.8. The van der Waals surface area contributed by atoms with Crippen LogP contribution in [0.2, 0.25) is 0 Å². The van der Waals surface area contributed by atoms with Gasteiger partial charge in [0.1, 0.15) is 5.76 Å². The number of nitrogens with zero attached hydrogens (tertiary/aromatic N) is 4. The van der Waals surface area contributed by atoms with E-state index >= 15 is 0 Å². The molecule has 0 spiro atoms. The summed E-state index contributed by atoms with van der Waals surface area (Å²) in [5.41, 5.74) is 0.327. The van der Waals surface area contributed by atoms with Gasteiger partial charge in [0.05, 0.1) is 5.75 Å². The van der Waals surface area contributed by atoms with Crippen molar-refractivity contribution in [2.24, 2.45) is 0 Å². The van der Waals surface area contributed by atoms with Crippen molar-refractivity contribution < 1.29 is 17.7 Å². The summed E-state index contributed by atoms with van der Waals surface area (Å²) in [5.74, 6) is 1.18. The third-order valence-electron chi connectivity index (χ3n) is 6.93. The number of hydrogen-bond acceptors (Lipinski definition) is 7.